The number of aliphatic hydroxyl groups is 2. The van der Waals surface area contributed by atoms with Crippen molar-refractivity contribution in [2.75, 3.05) is 6.79 Å². The van der Waals surface area contributed by atoms with Crippen molar-refractivity contribution in [2.24, 2.45) is 0 Å². The Hall–Kier alpha value is -1.14. The number of aliphatic carboxylic acids is 2. The smallest absolute Gasteiger partial charge is 0.300 e. The molecule has 0 spiro atoms. The van der Waals surface area contributed by atoms with Gasteiger partial charge in [-0.3, -0.25) is 9.59 Å². The first-order valence-corrected chi connectivity index (χ1v) is 2.49. The molecule has 0 aromatic rings. The normalized spacial score (nSPS) is 6.18. The molecule has 0 radical (unpaired) electrons. The number of carboxylic acids is 2. The van der Waals surface area contributed by atoms with Crippen LogP contribution in [0.15, 0.2) is 0 Å². The molecule has 4 N–H and O–H groups in total. The Morgan fingerprint density at radius 3 is 1.00 bits per heavy atom. The van der Waals surface area contributed by atoms with E-state index >= 15 is 0 Å². The minimum atomic E-state index is -0.833. The van der Waals surface area contributed by atoms with Crippen LogP contribution in [0.1, 0.15) is 13.8 Å². The summed E-state index contributed by atoms with van der Waals surface area (Å²) in [6, 6.07) is 0. The van der Waals surface area contributed by atoms with Crippen LogP contribution in [0.3, 0.4) is 0 Å². The van der Waals surface area contributed by atoms with Crippen molar-refractivity contribution in [1.29, 1.82) is 0 Å². The van der Waals surface area contributed by atoms with Gasteiger partial charge in [0, 0.05) is 13.8 Å². The number of carboxylic acid groups (broad SMARTS) is 2. The fourth-order valence-electron chi connectivity index (χ4n) is 0. The second kappa shape index (κ2) is 15.9. The first-order chi connectivity index (χ1) is 4.88. The van der Waals surface area contributed by atoms with Crippen LogP contribution >= 0.6 is 0 Å². The highest BCUT2D eigenvalue weighted by molar-refractivity contribution is 5.63. The highest BCUT2D eigenvalue weighted by Gasteiger charge is 1.65. The quantitative estimate of drug-likeness (QED) is 0.349. The van der Waals surface area contributed by atoms with Gasteiger partial charge in [0.1, 0.15) is 6.79 Å². The lowest BCUT2D eigenvalue weighted by atomic mass is 10.9. The van der Waals surface area contributed by atoms with Gasteiger partial charge in [0.05, 0.1) is 0 Å². The summed E-state index contributed by atoms with van der Waals surface area (Å²) in [6.45, 7) is 1.42. The first-order valence-electron chi connectivity index (χ1n) is 2.49. The number of carbonyl (C=O) groups is 2. The molecule has 0 fully saturated rings. The predicted molar refractivity (Wildman–Crippen MR) is 35.9 cm³/mol. The van der Waals surface area contributed by atoms with Crippen LogP contribution in [-0.2, 0) is 9.59 Å². The molecule has 0 aliphatic rings. The van der Waals surface area contributed by atoms with Crippen molar-refractivity contribution in [3.05, 3.63) is 0 Å². The van der Waals surface area contributed by atoms with Crippen LogP contribution in [0.2, 0.25) is 0 Å². The Balaban J connectivity index is -0.0000000886. The standard InChI is InChI=1S/2C2H4O2.CH4O2/c2*1-2(3)4;2-1-3/h2*1H3,(H,3,4);2-3H,1H2. The molecule has 68 valence electrons. The van der Waals surface area contributed by atoms with Gasteiger partial charge in [0.25, 0.3) is 11.9 Å². The monoisotopic (exact) mass is 168 g/mol. The van der Waals surface area contributed by atoms with Crippen molar-refractivity contribution < 1.29 is 30.0 Å². The maximum absolute atomic E-state index is 9.00. The van der Waals surface area contributed by atoms with Crippen LogP contribution in [0.4, 0.5) is 0 Å². The summed E-state index contributed by atoms with van der Waals surface area (Å²) in [5.41, 5.74) is 0. The largest absolute Gasteiger partial charge is 0.481 e. The molecule has 11 heavy (non-hydrogen) atoms. The molecule has 0 aromatic carbocycles. The second-order valence-corrected chi connectivity index (χ2v) is 1.18. The minimum Gasteiger partial charge on any atom is -0.481 e. The lowest BCUT2D eigenvalue weighted by Crippen LogP contribution is -1.78. The third kappa shape index (κ3) is 321. The van der Waals surface area contributed by atoms with Gasteiger partial charge in [0.15, 0.2) is 0 Å². The van der Waals surface area contributed by atoms with Gasteiger partial charge in [0.2, 0.25) is 0 Å². The van der Waals surface area contributed by atoms with E-state index in [0.29, 0.717) is 0 Å². The van der Waals surface area contributed by atoms with Crippen LogP contribution < -0.4 is 0 Å². The van der Waals surface area contributed by atoms with Gasteiger partial charge in [-0.15, -0.1) is 0 Å². The number of hydrogen-bond donors (Lipinski definition) is 4. The van der Waals surface area contributed by atoms with Crippen molar-refractivity contribution >= 4 is 11.9 Å². The van der Waals surface area contributed by atoms with Gasteiger partial charge in [-0.05, 0) is 0 Å². The molecular weight excluding hydrogens is 156 g/mol. The molecule has 0 aliphatic heterocycles. The summed E-state index contributed by atoms with van der Waals surface area (Å²) < 4.78 is 0. The van der Waals surface area contributed by atoms with Gasteiger partial charge in [-0.25, -0.2) is 0 Å². The summed E-state index contributed by atoms with van der Waals surface area (Å²) in [4.78, 5) is 18.0. The molecule has 0 saturated heterocycles. The molecule has 0 atom stereocenters. The van der Waals surface area contributed by atoms with E-state index in [-0.39, 0.29) is 0 Å². The molecule has 6 nitrogen and oxygen atoms in total. The van der Waals surface area contributed by atoms with E-state index in [2.05, 4.69) is 0 Å². The molecule has 0 amide bonds. The van der Waals surface area contributed by atoms with E-state index in [9.17, 15) is 0 Å². The maximum atomic E-state index is 9.00. The molecule has 0 saturated carbocycles. The zero-order valence-electron chi connectivity index (χ0n) is 6.31. The Labute approximate surface area is 63.7 Å². The Morgan fingerprint density at radius 1 is 1.00 bits per heavy atom. The van der Waals surface area contributed by atoms with Crippen molar-refractivity contribution in [1.82, 2.24) is 0 Å². The number of rotatable bonds is 0. The van der Waals surface area contributed by atoms with Crippen LogP contribution in [0.5, 0.6) is 0 Å². The molecule has 0 aliphatic carbocycles. The van der Waals surface area contributed by atoms with Gasteiger partial charge in [-0.2, -0.15) is 0 Å². The highest BCUT2D eigenvalue weighted by atomic mass is 16.5. The third-order valence-corrected chi connectivity index (χ3v) is 0. The van der Waals surface area contributed by atoms with E-state index in [1.165, 1.54) is 0 Å². The van der Waals surface area contributed by atoms with Crippen molar-refractivity contribution in [3.8, 4) is 0 Å². The average Bonchev–Trinajstić information content (AvgIpc) is 1.60. The van der Waals surface area contributed by atoms with E-state index in [1.54, 1.807) is 0 Å². The molecule has 6 heteroatoms. The van der Waals surface area contributed by atoms with Gasteiger partial charge < -0.3 is 20.4 Å². The second-order valence-electron chi connectivity index (χ2n) is 1.18. The van der Waals surface area contributed by atoms with E-state index in [4.69, 9.17) is 30.0 Å². The lowest BCUT2D eigenvalue weighted by molar-refractivity contribution is -0.135. The number of aliphatic hydroxyl groups excluding tert-OH is 1. The zero-order valence-corrected chi connectivity index (χ0v) is 6.31. The molecule has 0 bridgehead atoms. The Bertz CT molecular complexity index is 79.1. The molecule has 0 rings (SSSR count). The maximum Gasteiger partial charge on any atom is 0.300 e. The third-order valence-electron chi connectivity index (χ3n) is 0. The topological polar surface area (TPSA) is 115 Å². The minimum absolute atomic E-state index is 0.750. The molecule has 0 heterocycles. The Kier molecular flexibility index (Phi) is 23.8. The summed E-state index contributed by atoms with van der Waals surface area (Å²) in [5, 5.41) is 29.1. The highest BCUT2D eigenvalue weighted by Crippen LogP contribution is 1.42. The number of hydrogen-bond acceptors (Lipinski definition) is 4. The summed E-state index contributed by atoms with van der Waals surface area (Å²) in [7, 11) is 0. The summed E-state index contributed by atoms with van der Waals surface area (Å²) >= 11 is 0. The van der Waals surface area contributed by atoms with Gasteiger partial charge in [-0.1, -0.05) is 0 Å². The van der Waals surface area contributed by atoms with Crippen LogP contribution in [0.25, 0.3) is 0 Å². The fourth-order valence-corrected chi connectivity index (χ4v) is 0. The van der Waals surface area contributed by atoms with Crippen molar-refractivity contribution in [3.63, 3.8) is 0 Å². The van der Waals surface area contributed by atoms with Crippen LogP contribution in [0, 0.1) is 0 Å². The van der Waals surface area contributed by atoms with E-state index in [0.717, 1.165) is 13.8 Å². The SMILES string of the molecule is CC(=O)O.CC(=O)O.OCO. The zero-order chi connectivity index (χ0) is 9.86. The average molecular weight is 168 g/mol. The molecule has 0 aromatic heterocycles. The first kappa shape index (κ1) is 16.4. The molecular formula is C5H12O6. The van der Waals surface area contributed by atoms with Crippen molar-refractivity contribution in [2.45, 2.75) is 13.8 Å². The predicted octanol–water partition coefficient (Wildman–Crippen LogP) is -0.890. The summed E-state index contributed by atoms with van der Waals surface area (Å²) in [5.74, 6) is -1.67. The molecule has 0 unspecified atom stereocenters. The summed E-state index contributed by atoms with van der Waals surface area (Å²) in [6.07, 6.45) is 0. The Morgan fingerprint density at radius 2 is 1.00 bits per heavy atom. The van der Waals surface area contributed by atoms with E-state index in [1.807, 2.05) is 0 Å². The lowest BCUT2D eigenvalue weighted by Gasteiger charge is -1.59. The van der Waals surface area contributed by atoms with Gasteiger partial charge >= 0.3 is 0 Å². The van der Waals surface area contributed by atoms with E-state index < -0.39 is 18.7 Å². The fraction of sp³-hybridized carbons (Fsp3) is 0.600. The van der Waals surface area contributed by atoms with Crippen LogP contribution in [-0.4, -0.2) is 39.2 Å².